The van der Waals surface area contributed by atoms with E-state index in [4.69, 9.17) is 0 Å². The first-order valence-electron chi connectivity index (χ1n) is 4.98. The normalized spacial score (nSPS) is 14.0. The molecule has 0 nitrogen and oxygen atoms in total. The quantitative estimate of drug-likeness (QED) is 0.481. The first-order valence-corrected chi connectivity index (χ1v) is 4.98. The molecular formula is C10H14F6. The number of hydrogen-bond donors (Lipinski definition) is 0. The van der Waals surface area contributed by atoms with Crippen molar-refractivity contribution in [3.63, 3.8) is 0 Å². The second-order valence-corrected chi connectivity index (χ2v) is 3.47. The van der Waals surface area contributed by atoms with Gasteiger partial charge < -0.3 is 0 Å². The highest BCUT2D eigenvalue weighted by molar-refractivity contribution is 4.84. The van der Waals surface area contributed by atoms with Gasteiger partial charge in [0.1, 0.15) is 0 Å². The fraction of sp³-hybridized carbons (Fsp3) is 0.800. The van der Waals surface area contributed by atoms with E-state index in [1.807, 2.05) is 6.92 Å². The molecule has 0 aliphatic rings. The third-order valence-electron chi connectivity index (χ3n) is 2.03. The Bertz CT molecular complexity index is 198. The van der Waals surface area contributed by atoms with Crippen molar-refractivity contribution in [1.82, 2.24) is 0 Å². The van der Waals surface area contributed by atoms with E-state index in [-0.39, 0.29) is 6.42 Å². The predicted octanol–water partition coefficient (Wildman–Crippen LogP) is 4.86. The van der Waals surface area contributed by atoms with Gasteiger partial charge in [-0.3, -0.25) is 0 Å². The molecule has 0 saturated heterocycles. The maximum atomic E-state index is 12.0. The summed E-state index contributed by atoms with van der Waals surface area (Å²) in [6.45, 7) is 1.87. The van der Waals surface area contributed by atoms with Gasteiger partial charge in [0.2, 0.25) is 0 Å². The fourth-order valence-electron chi connectivity index (χ4n) is 1.18. The Kier molecular flexibility index (Phi) is 5.89. The highest BCUT2D eigenvalue weighted by Crippen LogP contribution is 2.41. The van der Waals surface area contributed by atoms with Crippen LogP contribution in [0.25, 0.3) is 0 Å². The molecule has 0 fully saturated rings. The monoisotopic (exact) mass is 248 g/mol. The van der Waals surface area contributed by atoms with Crippen molar-refractivity contribution in [1.29, 1.82) is 0 Å². The number of hydrogen-bond acceptors (Lipinski definition) is 0. The molecule has 0 aromatic rings. The molecule has 0 atom stereocenters. The second kappa shape index (κ2) is 6.15. The van der Waals surface area contributed by atoms with Gasteiger partial charge in [-0.15, -0.1) is 0 Å². The molecule has 0 N–H and O–H groups in total. The maximum absolute atomic E-state index is 12.0. The van der Waals surface area contributed by atoms with Crippen LogP contribution in [0.5, 0.6) is 0 Å². The lowest BCUT2D eigenvalue weighted by molar-refractivity contribution is -0.285. The van der Waals surface area contributed by atoms with E-state index in [0.29, 0.717) is 6.42 Å². The van der Waals surface area contributed by atoms with Gasteiger partial charge >= 0.3 is 12.4 Å². The summed E-state index contributed by atoms with van der Waals surface area (Å²) >= 11 is 0. The Balaban J connectivity index is 4.26. The molecule has 6 heteroatoms. The van der Waals surface area contributed by atoms with Crippen LogP contribution < -0.4 is 0 Å². The van der Waals surface area contributed by atoms with Crippen LogP contribution in [0, 0.1) is 5.92 Å². The third-order valence-corrected chi connectivity index (χ3v) is 2.03. The third kappa shape index (κ3) is 6.02. The first-order chi connectivity index (χ1) is 7.19. The molecule has 0 amide bonds. The van der Waals surface area contributed by atoms with E-state index in [0.717, 1.165) is 6.42 Å². The van der Waals surface area contributed by atoms with E-state index in [1.165, 1.54) is 6.08 Å². The van der Waals surface area contributed by atoms with Crippen molar-refractivity contribution in [2.45, 2.75) is 45.0 Å². The minimum absolute atomic E-state index is 0.205. The second-order valence-electron chi connectivity index (χ2n) is 3.47. The molecule has 16 heavy (non-hydrogen) atoms. The molecule has 0 rings (SSSR count). The standard InChI is InChI=1S/C10H14F6/c1-2-3-4-5-6-7-8(9(11,12)13)10(14,15)16/h4-5,8H,2-3,6-7H2,1H3. The minimum Gasteiger partial charge on any atom is -0.170 e. The zero-order valence-electron chi connectivity index (χ0n) is 8.83. The van der Waals surface area contributed by atoms with Gasteiger partial charge in [-0.2, -0.15) is 26.3 Å². The van der Waals surface area contributed by atoms with Crippen LogP contribution in [0.15, 0.2) is 12.2 Å². The van der Waals surface area contributed by atoms with Crippen LogP contribution in [-0.2, 0) is 0 Å². The summed E-state index contributed by atoms with van der Waals surface area (Å²) in [4.78, 5) is 0. The Hall–Kier alpha value is -0.680. The lowest BCUT2D eigenvalue weighted by Gasteiger charge is -2.22. The lowest BCUT2D eigenvalue weighted by Crippen LogP contribution is -2.36. The maximum Gasteiger partial charge on any atom is 0.400 e. The average Bonchev–Trinajstić information content (AvgIpc) is 2.06. The molecule has 0 unspecified atom stereocenters. The van der Waals surface area contributed by atoms with Crippen LogP contribution in [0.3, 0.4) is 0 Å². The predicted molar refractivity (Wildman–Crippen MR) is 48.9 cm³/mol. The number of unbranched alkanes of at least 4 members (excludes halogenated alkanes) is 1. The van der Waals surface area contributed by atoms with Crippen LogP contribution >= 0.6 is 0 Å². The zero-order valence-corrected chi connectivity index (χ0v) is 8.83. The van der Waals surface area contributed by atoms with Crippen LogP contribution in [0.2, 0.25) is 0 Å². The number of alkyl halides is 6. The van der Waals surface area contributed by atoms with Crippen LogP contribution in [0.4, 0.5) is 26.3 Å². The largest absolute Gasteiger partial charge is 0.400 e. The molecular weight excluding hydrogens is 234 g/mol. The molecule has 0 heterocycles. The number of rotatable bonds is 5. The SMILES string of the molecule is CCCC=CCCC(C(F)(F)F)C(F)(F)F. The molecule has 0 aliphatic carbocycles. The highest BCUT2D eigenvalue weighted by atomic mass is 19.4. The van der Waals surface area contributed by atoms with Gasteiger partial charge in [0.05, 0.1) is 0 Å². The molecule has 0 spiro atoms. The summed E-state index contributed by atoms with van der Waals surface area (Å²) in [5.74, 6) is -3.22. The topological polar surface area (TPSA) is 0 Å². The van der Waals surface area contributed by atoms with Crippen molar-refractivity contribution in [3.05, 3.63) is 12.2 Å². The van der Waals surface area contributed by atoms with E-state index < -0.39 is 24.7 Å². The summed E-state index contributed by atoms with van der Waals surface area (Å²) in [7, 11) is 0. The van der Waals surface area contributed by atoms with Crippen molar-refractivity contribution >= 4 is 0 Å². The van der Waals surface area contributed by atoms with Gasteiger partial charge in [0, 0.05) is 0 Å². The van der Waals surface area contributed by atoms with Gasteiger partial charge in [0.15, 0.2) is 5.92 Å². The highest BCUT2D eigenvalue weighted by Gasteiger charge is 2.55. The van der Waals surface area contributed by atoms with E-state index in [9.17, 15) is 26.3 Å². The first kappa shape index (κ1) is 15.3. The Morgan fingerprint density at radius 2 is 1.31 bits per heavy atom. The van der Waals surface area contributed by atoms with E-state index in [2.05, 4.69) is 0 Å². The number of allylic oxidation sites excluding steroid dienone is 2. The van der Waals surface area contributed by atoms with E-state index in [1.54, 1.807) is 6.08 Å². The average molecular weight is 248 g/mol. The van der Waals surface area contributed by atoms with Crippen molar-refractivity contribution in [2.75, 3.05) is 0 Å². The van der Waals surface area contributed by atoms with Crippen molar-refractivity contribution in [3.8, 4) is 0 Å². The summed E-state index contributed by atoms with van der Waals surface area (Å²) in [6, 6.07) is 0. The van der Waals surface area contributed by atoms with Gasteiger partial charge in [-0.05, 0) is 19.3 Å². The smallest absolute Gasteiger partial charge is 0.170 e. The van der Waals surface area contributed by atoms with Gasteiger partial charge in [0.25, 0.3) is 0 Å². The molecule has 96 valence electrons. The summed E-state index contributed by atoms with van der Waals surface area (Å²) in [5, 5.41) is 0. The van der Waals surface area contributed by atoms with Crippen molar-refractivity contribution < 1.29 is 26.3 Å². The van der Waals surface area contributed by atoms with Crippen LogP contribution in [-0.4, -0.2) is 12.4 Å². The lowest BCUT2D eigenvalue weighted by atomic mass is 10.0. The molecule has 0 bridgehead atoms. The summed E-state index contributed by atoms with van der Waals surface area (Å²) < 4.78 is 72.3. The number of halogens is 6. The Labute approximate surface area is 90.3 Å². The van der Waals surface area contributed by atoms with Crippen LogP contribution in [0.1, 0.15) is 32.6 Å². The fourth-order valence-corrected chi connectivity index (χ4v) is 1.18. The molecule has 0 aliphatic heterocycles. The molecule has 0 saturated carbocycles. The van der Waals surface area contributed by atoms with Gasteiger partial charge in [-0.1, -0.05) is 25.5 Å². The van der Waals surface area contributed by atoms with E-state index >= 15 is 0 Å². The van der Waals surface area contributed by atoms with Gasteiger partial charge in [-0.25, -0.2) is 0 Å². The minimum atomic E-state index is -5.21. The zero-order chi connectivity index (χ0) is 12.8. The van der Waals surface area contributed by atoms with Crippen molar-refractivity contribution in [2.24, 2.45) is 5.92 Å². The molecule has 0 aromatic carbocycles. The Morgan fingerprint density at radius 1 is 0.875 bits per heavy atom. The summed E-state index contributed by atoms with van der Waals surface area (Å²) in [5.41, 5.74) is 0. The Morgan fingerprint density at radius 3 is 1.69 bits per heavy atom. The summed E-state index contributed by atoms with van der Waals surface area (Å²) in [6.07, 6.45) is -7.11. The molecule has 0 aromatic heterocycles. The molecule has 0 radical (unpaired) electrons.